The molecule has 5 rings (SSSR count). The van der Waals surface area contributed by atoms with Gasteiger partial charge in [0.25, 0.3) is 0 Å². The van der Waals surface area contributed by atoms with Gasteiger partial charge in [0.2, 0.25) is 0 Å². The maximum atomic E-state index is 12.2. The Bertz CT molecular complexity index is 1360. The van der Waals surface area contributed by atoms with Crippen LogP contribution in [0.3, 0.4) is 0 Å². The Morgan fingerprint density at radius 1 is 0.816 bits per heavy atom. The summed E-state index contributed by atoms with van der Waals surface area (Å²) in [6.45, 7) is 2.73. The van der Waals surface area contributed by atoms with E-state index in [2.05, 4.69) is 0 Å². The molecule has 6 nitrogen and oxygen atoms in total. The highest BCUT2D eigenvalue weighted by Gasteiger charge is 2.50. The lowest BCUT2D eigenvalue weighted by Crippen LogP contribution is -2.37. The minimum Gasteiger partial charge on any atom is -0.624 e. The van der Waals surface area contributed by atoms with Crippen molar-refractivity contribution in [3.63, 3.8) is 0 Å². The minimum absolute atomic E-state index is 0.382. The van der Waals surface area contributed by atoms with E-state index in [4.69, 9.17) is 18.9 Å². The normalized spacial score (nSPS) is 21.3. The highest BCUT2D eigenvalue weighted by atomic mass is 16.7. The summed E-state index contributed by atoms with van der Waals surface area (Å²) >= 11 is 0. The van der Waals surface area contributed by atoms with Crippen LogP contribution < -0.4 is 9.47 Å². The first-order valence-electron chi connectivity index (χ1n) is 12.6. The van der Waals surface area contributed by atoms with Gasteiger partial charge in [-0.3, -0.25) is 0 Å². The van der Waals surface area contributed by atoms with Gasteiger partial charge in [0.05, 0.1) is 0 Å². The van der Waals surface area contributed by atoms with Gasteiger partial charge in [0.1, 0.15) is 37.4 Å². The van der Waals surface area contributed by atoms with Gasteiger partial charge in [0.15, 0.2) is 18.6 Å². The van der Waals surface area contributed by atoms with Gasteiger partial charge in [-0.25, -0.2) is 4.74 Å². The minimum atomic E-state index is -1.03. The number of ether oxygens (including phenoxy) is 4. The largest absolute Gasteiger partial charge is 0.624 e. The predicted molar refractivity (Wildman–Crippen MR) is 146 cm³/mol. The molecular weight excluding hydrogens is 478 g/mol. The second kappa shape index (κ2) is 11.5. The van der Waals surface area contributed by atoms with Gasteiger partial charge in [0, 0.05) is 11.1 Å². The molecule has 0 amide bonds. The van der Waals surface area contributed by atoms with Crippen LogP contribution >= 0.6 is 0 Å². The summed E-state index contributed by atoms with van der Waals surface area (Å²) < 4.78 is 26.1. The molecule has 0 N–H and O–H groups in total. The molecule has 1 fully saturated rings. The van der Waals surface area contributed by atoms with E-state index in [1.165, 1.54) is 13.3 Å². The standard InChI is InChI=1S/C32H31NO5/c1-32(30(21-33(2)34)37-31(38-32)26-16-10-5-11-17-26)28-20-27(35-22-24-12-6-3-7-13-24)18-19-29(28)36-23-25-14-8-4-9-15-25/h3-21,30-31H,22-23H2,1-2H3/b33-21-/t30-,31-,32-/m1/s1. The molecule has 6 heteroatoms. The molecule has 0 bridgehead atoms. The van der Waals surface area contributed by atoms with Crippen molar-refractivity contribution in [2.24, 2.45) is 0 Å². The molecule has 0 aliphatic carbocycles. The quantitative estimate of drug-likeness (QED) is 0.113. The van der Waals surface area contributed by atoms with Crippen LogP contribution in [-0.2, 0) is 28.3 Å². The summed E-state index contributed by atoms with van der Waals surface area (Å²) in [4.78, 5) is 0. The summed E-state index contributed by atoms with van der Waals surface area (Å²) in [6, 6.07) is 35.4. The number of hydroxylamine groups is 1. The lowest BCUT2D eigenvalue weighted by molar-refractivity contribution is -0.421. The summed E-state index contributed by atoms with van der Waals surface area (Å²) in [5.41, 5.74) is 2.68. The number of hydrogen-bond acceptors (Lipinski definition) is 5. The molecule has 1 saturated heterocycles. The van der Waals surface area contributed by atoms with Crippen molar-refractivity contribution < 1.29 is 23.7 Å². The van der Waals surface area contributed by atoms with Gasteiger partial charge in [-0.2, -0.15) is 0 Å². The number of nitrogens with zero attached hydrogens (tertiary/aromatic N) is 1. The van der Waals surface area contributed by atoms with E-state index in [1.54, 1.807) is 0 Å². The highest BCUT2D eigenvalue weighted by molar-refractivity contribution is 5.63. The van der Waals surface area contributed by atoms with Crippen LogP contribution in [0, 0.1) is 5.21 Å². The maximum absolute atomic E-state index is 12.2. The molecule has 0 unspecified atom stereocenters. The van der Waals surface area contributed by atoms with Crippen molar-refractivity contribution in [1.29, 1.82) is 0 Å². The van der Waals surface area contributed by atoms with Crippen molar-refractivity contribution in [3.8, 4) is 11.5 Å². The molecule has 1 heterocycles. The highest BCUT2D eigenvalue weighted by Crippen LogP contribution is 2.48. The zero-order valence-corrected chi connectivity index (χ0v) is 21.5. The molecule has 4 aromatic carbocycles. The van der Waals surface area contributed by atoms with Crippen molar-refractivity contribution in [1.82, 2.24) is 0 Å². The molecule has 0 radical (unpaired) electrons. The first kappa shape index (κ1) is 25.5. The molecule has 0 spiro atoms. The summed E-state index contributed by atoms with van der Waals surface area (Å²) in [5, 5.41) is 12.2. The van der Waals surface area contributed by atoms with E-state index in [0.29, 0.717) is 24.7 Å². The first-order valence-corrected chi connectivity index (χ1v) is 12.6. The van der Waals surface area contributed by atoms with E-state index in [9.17, 15) is 5.21 Å². The second-order valence-corrected chi connectivity index (χ2v) is 9.43. The molecule has 4 aromatic rings. The second-order valence-electron chi connectivity index (χ2n) is 9.43. The van der Waals surface area contributed by atoms with Crippen LogP contribution in [-0.4, -0.2) is 24.1 Å². The van der Waals surface area contributed by atoms with Gasteiger partial charge in [-0.1, -0.05) is 91.0 Å². The third-order valence-corrected chi connectivity index (χ3v) is 6.55. The van der Waals surface area contributed by atoms with E-state index in [1.807, 2.05) is 116 Å². The van der Waals surface area contributed by atoms with E-state index >= 15 is 0 Å². The van der Waals surface area contributed by atoms with Crippen LogP contribution in [0.5, 0.6) is 11.5 Å². The molecule has 3 atom stereocenters. The molecular formula is C32H31NO5. The number of rotatable bonds is 9. The summed E-state index contributed by atoms with van der Waals surface area (Å²) in [6.07, 6.45) is 0.165. The SMILES string of the molecule is C/[N+]([O-])=C/[C@H]1O[C@@H](c2ccccc2)O[C@]1(C)c1cc(OCc2ccccc2)ccc1OCc1ccccc1. The Morgan fingerprint density at radius 2 is 1.39 bits per heavy atom. The molecule has 1 aliphatic heterocycles. The molecule has 194 valence electrons. The Kier molecular flexibility index (Phi) is 7.73. The fraction of sp³-hybridized carbons (Fsp3) is 0.219. The Balaban J connectivity index is 1.51. The topological polar surface area (TPSA) is 63.0 Å². The van der Waals surface area contributed by atoms with Crippen molar-refractivity contribution >= 4 is 6.21 Å². The smallest absolute Gasteiger partial charge is 0.186 e. The fourth-order valence-corrected chi connectivity index (χ4v) is 4.51. The molecule has 1 aliphatic rings. The zero-order chi connectivity index (χ0) is 26.4. The van der Waals surface area contributed by atoms with Gasteiger partial charge in [-0.15, -0.1) is 0 Å². The molecule has 0 saturated carbocycles. The van der Waals surface area contributed by atoms with Crippen LogP contribution in [0.4, 0.5) is 0 Å². The van der Waals surface area contributed by atoms with Gasteiger partial charge >= 0.3 is 0 Å². The van der Waals surface area contributed by atoms with E-state index in [-0.39, 0.29) is 0 Å². The van der Waals surface area contributed by atoms with Crippen LogP contribution in [0.2, 0.25) is 0 Å². The van der Waals surface area contributed by atoms with Crippen molar-refractivity contribution in [2.45, 2.75) is 38.1 Å². The lowest BCUT2D eigenvalue weighted by Gasteiger charge is -2.29. The Labute approximate surface area is 223 Å². The van der Waals surface area contributed by atoms with Crippen LogP contribution in [0.1, 0.15) is 35.5 Å². The number of benzene rings is 4. The third kappa shape index (κ3) is 5.88. The summed E-state index contributed by atoms with van der Waals surface area (Å²) in [7, 11) is 1.44. The average Bonchev–Trinajstić information content (AvgIpc) is 3.29. The average molecular weight is 510 g/mol. The van der Waals surface area contributed by atoms with Crippen LogP contribution in [0.25, 0.3) is 0 Å². The monoisotopic (exact) mass is 509 g/mol. The third-order valence-electron chi connectivity index (χ3n) is 6.55. The predicted octanol–water partition coefficient (Wildman–Crippen LogP) is 6.38. The molecule has 0 aromatic heterocycles. The van der Waals surface area contributed by atoms with Gasteiger partial charge in [-0.05, 0) is 36.2 Å². The lowest BCUT2D eigenvalue weighted by atomic mass is 9.89. The first-order chi connectivity index (χ1) is 18.5. The number of hydrogen-bond donors (Lipinski definition) is 0. The fourth-order valence-electron chi connectivity index (χ4n) is 4.51. The van der Waals surface area contributed by atoms with Crippen molar-refractivity contribution in [2.75, 3.05) is 7.05 Å². The van der Waals surface area contributed by atoms with Gasteiger partial charge < -0.3 is 24.2 Å². The Morgan fingerprint density at radius 3 is 2.00 bits per heavy atom. The summed E-state index contributed by atoms with van der Waals surface area (Å²) in [5.74, 6) is 1.30. The molecule has 38 heavy (non-hydrogen) atoms. The van der Waals surface area contributed by atoms with Crippen molar-refractivity contribution in [3.05, 3.63) is 137 Å². The Hall–Kier alpha value is -4.13. The van der Waals surface area contributed by atoms with E-state index < -0.39 is 18.0 Å². The van der Waals surface area contributed by atoms with E-state index in [0.717, 1.165) is 27.0 Å². The van der Waals surface area contributed by atoms with Crippen LogP contribution in [0.15, 0.2) is 109 Å². The maximum Gasteiger partial charge on any atom is 0.186 e. The zero-order valence-electron chi connectivity index (χ0n) is 21.5.